The third-order valence-corrected chi connectivity index (χ3v) is 4.43. The lowest BCUT2D eigenvalue weighted by molar-refractivity contribution is -0.130. The topological polar surface area (TPSA) is 58.2 Å². The highest BCUT2D eigenvalue weighted by atomic mass is 19.1. The van der Waals surface area contributed by atoms with Gasteiger partial charge >= 0.3 is 0 Å². The van der Waals surface area contributed by atoms with Gasteiger partial charge in [0.25, 0.3) is 5.91 Å². The molecule has 4 nitrogen and oxygen atoms in total. The lowest BCUT2D eigenvalue weighted by Crippen LogP contribution is -2.54. The molecule has 3 rings (SSSR count). The lowest BCUT2D eigenvalue weighted by Gasteiger charge is -2.40. The van der Waals surface area contributed by atoms with Crippen molar-refractivity contribution in [3.63, 3.8) is 0 Å². The summed E-state index contributed by atoms with van der Waals surface area (Å²) in [6.07, 6.45) is 1.97. The van der Waals surface area contributed by atoms with Crippen molar-refractivity contribution < 1.29 is 18.4 Å². The minimum atomic E-state index is -0.857. The van der Waals surface area contributed by atoms with Crippen LogP contribution in [0, 0.1) is 11.6 Å². The Morgan fingerprint density at radius 1 is 0.958 bits per heavy atom. The Morgan fingerprint density at radius 3 is 2.33 bits per heavy atom. The van der Waals surface area contributed by atoms with Crippen molar-refractivity contribution in [1.29, 1.82) is 0 Å². The number of carbonyl (C=O) groups excluding carboxylic acids is 2. The van der Waals surface area contributed by atoms with E-state index in [0.29, 0.717) is 18.4 Å². The summed E-state index contributed by atoms with van der Waals surface area (Å²) in [5.41, 5.74) is 4.12. The second-order valence-electron chi connectivity index (χ2n) is 5.83. The molecular weight excluding hydrogens is 314 g/mol. The number of hydrazine groups is 1. The van der Waals surface area contributed by atoms with Gasteiger partial charge in [-0.2, -0.15) is 0 Å². The predicted octanol–water partition coefficient (Wildman–Crippen LogP) is 2.85. The summed E-state index contributed by atoms with van der Waals surface area (Å²) in [7, 11) is 0. The minimum absolute atomic E-state index is 0.161. The smallest absolute Gasteiger partial charge is 0.272 e. The molecule has 0 unspecified atom stereocenters. The highest BCUT2D eigenvalue weighted by Crippen LogP contribution is 2.44. The number of hydrogen-bond acceptors (Lipinski definition) is 2. The maximum Gasteiger partial charge on any atom is 0.272 e. The molecule has 24 heavy (non-hydrogen) atoms. The van der Waals surface area contributed by atoms with E-state index in [1.54, 1.807) is 12.1 Å². The molecule has 0 atom stereocenters. The summed E-state index contributed by atoms with van der Waals surface area (Å²) in [5, 5.41) is 0. The molecule has 2 aromatic rings. The monoisotopic (exact) mass is 330 g/mol. The Labute approximate surface area is 137 Å². The van der Waals surface area contributed by atoms with Gasteiger partial charge in [0.05, 0.1) is 11.0 Å². The SMILES string of the molecule is O=C(NNC(=O)C1(c2cccc(F)c2)CCC1)c1ccccc1F. The van der Waals surface area contributed by atoms with Gasteiger partial charge < -0.3 is 0 Å². The van der Waals surface area contributed by atoms with Crippen molar-refractivity contribution in [3.8, 4) is 0 Å². The van der Waals surface area contributed by atoms with Gasteiger partial charge in [-0.05, 0) is 42.7 Å². The molecular formula is C18H16F2N2O2. The Morgan fingerprint density at radius 2 is 1.71 bits per heavy atom. The van der Waals surface area contributed by atoms with Gasteiger partial charge in [0.2, 0.25) is 5.91 Å². The molecule has 6 heteroatoms. The maximum atomic E-state index is 13.6. The Bertz CT molecular complexity index is 788. The fraction of sp³-hybridized carbons (Fsp3) is 0.222. The molecule has 1 aliphatic rings. The Hall–Kier alpha value is -2.76. The molecule has 0 bridgehead atoms. The molecule has 0 saturated heterocycles. The molecule has 1 fully saturated rings. The van der Waals surface area contributed by atoms with Crippen molar-refractivity contribution in [3.05, 3.63) is 71.3 Å². The molecule has 0 heterocycles. The van der Waals surface area contributed by atoms with Crippen LogP contribution in [0.5, 0.6) is 0 Å². The highest BCUT2D eigenvalue weighted by molar-refractivity contribution is 5.97. The van der Waals surface area contributed by atoms with E-state index in [1.165, 1.54) is 30.3 Å². The number of hydrogen-bond donors (Lipinski definition) is 2. The number of rotatable bonds is 3. The largest absolute Gasteiger partial charge is 0.272 e. The van der Waals surface area contributed by atoms with E-state index < -0.39 is 28.9 Å². The van der Waals surface area contributed by atoms with Crippen LogP contribution >= 0.6 is 0 Å². The number of halogens is 2. The second kappa shape index (κ2) is 6.39. The van der Waals surface area contributed by atoms with Crippen LogP contribution in [0.25, 0.3) is 0 Å². The molecule has 124 valence electrons. The average Bonchev–Trinajstić information content (AvgIpc) is 2.52. The van der Waals surface area contributed by atoms with Gasteiger partial charge in [-0.15, -0.1) is 0 Å². The normalized spacial score (nSPS) is 15.2. The molecule has 1 saturated carbocycles. The molecule has 0 radical (unpaired) electrons. The fourth-order valence-electron chi connectivity index (χ4n) is 2.91. The van der Waals surface area contributed by atoms with Gasteiger partial charge in [-0.1, -0.05) is 30.7 Å². The molecule has 0 aliphatic heterocycles. The van der Waals surface area contributed by atoms with Gasteiger partial charge in [-0.3, -0.25) is 20.4 Å². The van der Waals surface area contributed by atoms with Crippen molar-refractivity contribution in [2.24, 2.45) is 0 Å². The number of amides is 2. The van der Waals surface area contributed by atoms with Gasteiger partial charge in [0.1, 0.15) is 11.6 Å². The van der Waals surface area contributed by atoms with Crippen LogP contribution < -0.4 is 10.9 Å². The van der Waals surface area contributed by atoms with E-state index in [9.17, 15) is 18.4 Å². The Kier molecular flexibility index (Phi) is 4.29. The third kappa shape index (κ3) is 2.87. The zero-order chi connectivity index (χ0) is 17.2. The zero-order valence-corrected chi connectivity index (χ0v) is 12.8. The number of carbonyl (C=O) groups is 2. The summed E-state index contributed by atoms with van der Waals surface area (Å²) < 4.78 is 27.0. The zero-order valence-electron chi connectivity index (χ0n) is 12.8. The van der Waals surface area contributed by atoms with Gasteiger partial charge in [0, 0.05) is 0 Å². The van der Waals surface area contributed by atoms with E-state index in [1.807, 2.05) is 0 Å². The van der Waals surface area contributed by atoms with Gasteiger partial charge in [0.15, 0.2) is 0 Å². The van der Waals surface area contributed by atoms with Crippen molar-refractivity contribution in [1.82, 2.24) is 10.9 Å². The number of nitrogens with one attached hydrogen (secondary N) is 2. The third-order valence-electron chi connectivity index (χ3n) is 4.43. The highest BCUT2D eigenvalue weighted by Gasteiger charge is 2.46. The van der Waals surface area contributed by atoms with E-state index in [-0.39, 0.29) is 5.56 Å². The molecule has 0 spiro atoms. The van der Waals surface area contributed by atoms with Crippen LogP contribution in [-0.4, -0.2) is 11.8 Å². The van der Waals surface area contributed by atoms with E-state index in [4.69, 9.17) is 0 Å². The minimum Gasteiger partial charge on any atom is -0.272 e. The van der Waals surface area contributed by atoms with Crippen LogP contribution in [-0.2, 0) is 10.2 Å². The summed E-state index contributed by atoms with van der Waals surface area (Å²) in [6.45, 7) is 0. The standard InChI is InChI=1S/C18H16F2N2O2/c19-13-6-3-5-12(11-13)18(9-4-10-18)17(24)22-21-16(23)14-7-1-2-8-15(14)20/h1-3,5-8,11H,4,9-10H2,(H,21,23)(H,22,24). The maximum absolute atomic E-state index is 13.6. The first kappa shape index (κ1) is 16.1. The fourth-order valence-corrected chi connectivity index (χ4v) is 2.91. The van der Waals surface area contributed by atoms with Gasteiger partial charge in [-0.25, -0.2) is 8.78 Å². The summed E-state index contributed by atoms with van der Waals surface area (Å²) in [5.74, 6) is -2.26. The van der Waals surface area contributed by atoms with E-state index in [2.05, 4.69) is 10.9 Å². The molecule has 1 aliphatic carbocycles. The lowest BCUT2D eigenvalue weighted by atomic mass is 9.64. The first-order valence-corrected chi connectivity index (χ1v) is 7.64. The summed E-state index contributed by atoms with van der Waals surface area (Å²) in [6, 6.07) is 11.4. The quantitative estimate of drug-likeness (QED) is 0.850. The predicted molar refractivity (Wildman–Crippen MR) is 83.9 cm³/mol. The van der Waals surface area contributed by atoms with Crippen LogP contribution in [0.15, 0.2) is 48.5 Å². The van der Waals surface area contributed by atoms with E-state index in [0.717, 1.165) is 12.5 Å². The van der Waals surface area contributed by atoms with Crippen molar-refractivity contribution in [2.75, 3.05) is 0 Å². The molecule has 0 aromatic heterocycles. The molecule has 2 N–H and O–H groups in total. The summed E-state index contributed by atoms with van der Waals surface area (Å²) >= 11 is 0. The van der Waals surface area contributed by atoms with Crippen LogP contribution in [0.1, 0.15) is 35.2 Å². The van der Waals surface area contributed by atoms with Crippen molar-refractivity contribution >= 4 is 11.8 Å². The molecule has 2 aromatic carbocycles. The summed E-state index contributed by atoms with van der Waals surface area (Å²) in [4.78, 5) is 24.5. The first-order chi connectivity index (χ1) is 11.5. The molecule has 2 amide bonds. The van der Waals surface area contributed by atoms with Crippen LogP contribution in [0.2, 0.25) is 0 Å². The first-order valence-electron chi connectivity index (χ1n) is 7.64. The Balaban J connectivity index is 1.72. The van der Waals surface area contributed by atoms with Crippen molar-refractivity contribution in [2.45, 2.75) is 24.7 Å². The number of benzene rings is 2. The average molecular weight is 330 g/mol. The van der Waals surface area contributed by atoms with Crippen LogP contribution in [0.4, 0.5) is 8.78 Å². The second-order valence-corrected chi connectivity index (χ2v) is 5.83. The van der Waals surface area contributed by atoms with E-state index >= 15 is 0 Å². The van der Waals surface area contributed by atoms with Crippen LogP contribution in [0.3, 0.4) is 0 Å².